The number of hydrogen-bond acceptors (Lipinski definition) is 7. The van der Waals surface area contributed by atoms with Gasteiger partial charge in [0.1, 0.15) is 16.6 Å². The number of aliphatic imine (C=N–C) groups is 1. The Morgan fingerprint density at radius 1 is 1.34 bits per heavy atom. The maximum absolute atomic E-state index is 12.4. The van der Waals surface area contributed by atoms with E-state index in [9.17, 15) is 14.7 Å². The lowest BCUT2D eigenvalue weighted by Crippen LogP contribution is -2.35. The molecule has 0 fully saturated rings. The number of aromatic carboxylic acids is 1. The first-order valence-corrected chi connectivity index (χ1v) is 9.68. The third-order valence-corrected chi connectivity index (χ3v) is 5.22. The van der Waals surface area contributed by atoms with Crippen LogP contribution in [-0.2, 0) is 4.79 Å². The number of benzene rings is 1. The van der Waals surface area contributed by atoms with Gasteiger partial charge in [0.2, 0.25) is 5.17 Å². The highest BCUT2D eigenvalue weighted by Gasteiger charge is 2.35. The molecule has 0 atom stereocenters. The number of fused-ring (bicyclic) bond motifs is 1. The predicted octanol–water partition coefficient (Wildman–Crippen LogP) is 2.73. The molecule has 2 aromatic rings. The van der Waals surface area contributed by atoms with Gasteiger partial charge in [-0.25, -0.2) is 0 Å². The first-order valence-electron chi connectivity index (χ1n) is 8.87. The summed E-state index contributed by atoms with van der Waals surface area (Å²) in [7, 11) is 0. The smallest absolute Gasteiger partial charge is 0.283 e. The molecule has 1 aromatic carbocycles. The Bertz CT molecular complexity index is 1130. The van der Waals surface area contributed by atoms with E-state index in [-0.39, 0.29) is 17.0 Å². The number of nitrogens with zero attached hydrogens (tertiary/aromatic N) is 3. The van der Waals surface area contributed by atoms with E-state index >= 15 is 0 Å². The van der Waals surface area contributed by atoms with Gasteiger partial charge >= 0.3 is 0 Å². The summed E-state index contributed by atoms with van der Waals surface area (Å²) >= 11 is 1.30. The summed E-state index contributed by atoms with van der Waals surface area (Å²) < 4.78 is 5.73. The van der Waals surface area contributed by atoms with Gasteiger partial charge in [-0.1, -0.05) is 25.1 Å². The molecule has 0 spiro atoms. The summed E-state index contributed by atoms with van der Waals surface area (Å²) in [5.74, 6) is -1.09. The van der Waals surface area contributed by atoms with Crippen LogP contribution in [0.1, 0.15) is 35.9 Å². The van der Waals surface area contributed by atoms with Crippen LogP contribution >= 0.6 is 11.8 Å². The fourth-order valence-corrected chi connectivity index (χ4v) is 3.86. The number of carboxylic acids is 1. The number of hydrazone groups is 1. The van der Waals surface area contributed by atoms with Crippen molar-refractivity contribution in [1.82, 2.24) is 5.01 Å². The number of amides is 1. The largest absolute Gasteiger partial charge is 0.545 e. The number of amidine groups is 2. The van der Waals surface area contributed by atoms with Crippen LogP contribution in [0.2, 0.25) is 0 Å². The standard InChI is InChI=1S/C20H16N4O4S/c1-2-4-16-23-24-17(21)14(18(25)22-20(24)29-16)10-13-7-8-15(28-13)11-5-3-6-12(9-11)19(26)27/h3,5-10,21H,2,4H2,1H3,(H,26,27)/p-1/b14-10-,21-17?. The minimum absolute atomic E-state index is 0.0391. The number of nitrogens with one attached hydrogen (secondary N) is 1. The molecule has 0 radical (unpaired) electrons. The van der Waals surface area contributed by atoms with Crippen LogP contribution in [0.4, 0.5) is 0 Å². The van der Waals surface area contributed by atoms with Crippen molar-refractivity contribution < 1.29 is 19.1 Å². The average molecular weight is 407 g/mol. The maximum Gasteiger partial charge on any atom is 0.283 e. The zero-order valence-corrected chi connectivity index (χ0v) is 16.2. The van der Waals surface area contributed by atoms with Crippen molar-refractivity contribution in [2.45, 2.75) is 19.8 Å². The zero-order chi connectivity index (χ0) is 20.5. The minimum atomic E-state index is -1.28. The molecule has 0 aliphatic carbocycles. The molecular weight excluding hydrogens is 392 g/mol. The van der Waals surface area contributed by atoms with Crippen LogP contribution < -0.4 is 5.11 Å². The zero-order valence-electron chi connectivity index (χ0n) is 15.3. The highest BCUT2D eigenvalue weighted by atomic mass is 32.2. The Morgan fingerprint density at radius 2 is 2.17 bits per heavy atom. The van der Waals surface area contributed by atoms with E-state index in [1.165, 1.54) is 35.0 Å². The van der Waals surface area contributed by atoms with Crippen molar-refractivity contribution in [1.29, 1.82) is 5.41 Å². The number of carbonyl (C=O) groups is 2. The molecule has 2 aliphatic heterocycles. The fourth-order valence-electron chi connectivity index (χ4n) is 2.87. The predicted molar refractivity (Wildman–Crippen MR) is 108 cm³/mol. The molecule has 4 rings (SSSR count). The number of carbonyl (C=O) groups excluding carboxylic acids is 2. The average Bonchev–Trinajstić information content (AvgIpc) is 3.32. The van der Waals surface area contributed by atoms with E-state index in [2.05, 4.69) is 10.1 Å². The second-order valence-corrected chi connectivity index (χ2v) is 7.37. The lowest BCUT2D eigenvalue weighted by Gasteiger charge is -2.19. The molecule has 9 heteroatoms. The second-order valence-electron chi connectivity index (χ2n) is 6.33. The molecule has 29 heavy (non-hydrogen) atoms. The summed E-state index contributed by atoms with van der Waals surface area (Å²) in [4.78, 5) is 27.5. The van der Waals surface area contributed by atoms with E-state index in [1.54, 1.807) is 24.3 Å². The van der Waals surface area contributed by atoms with E-state index < -0.39 is 11.9 Å². The molecule has 1 aromatic heterocycles. The molecule has 2 aliphatic rings. The van der Waals surface area contributed by atoms with E-state index in [0.29, 0.717) is 22.3 Å². The van der Waals surface area contributed by atoms with Crippen molar-refractivity contribution in [3.05, 3.63) is 53.3 Å². The quantitative estimate of drug-likeness (QED) is 0.761. The number of rotatable bonds is 5. The van der Waals surface area contributed by atoms with Crippen molar-refractivity contribution >= 4 is 45.8 Å². The Morgan fingerprint density at radius 3 is 2.93 bits per heavy atom. The third kappa shape index (κ3) is 3.64. The van der Waals surface area contributed by atoms with Crippen molar-refractivity contribution in [3.63, 3.8) is 0 Å². The summed E-state index contributed by atoms with van der Waals surface area (Å²) in [5.41, 5.74) is 0.670. The first kappa shape index (κ1) is 18.9. The fraction of sp³-hybridized carbons (Fsp3) is 0.150. The van der Waals surface area contributed by atoms with Gasteiger partial charge in [-0.15, -0.1) is 0 Å². The van der Waals surface area contributed by atoms with Gasteiger partial charge in [0, 0.05) is 5.56 Å². The van der Waals surface area contributed by atoms with Gasteiger partial charge in [-0.05, 0) is 54.4 Å². The van der Waals surface area contributed by atoms with Crippen molar-refractivity contribution in [3.8, 4) is 11.3 Å². The Balaban J connectivity index is 1.62. The Labute approximate surface area is 170 Å². The van der Waals surface area contributed by atoms with Gasteiger partial charge in [-0.3, -0.25) is 10.2 Å². The summed E-state index contributed by atoms with van der Waals surface area (Å²) in [6.45, 7) is 2.03. The molecule has 8 nitrogen and oxygen atoms in total. The molecule has 0 saturated heterocycles. The van der Waals surface area contributed by atoms with Crippen LogP contribution in [0.15, 0.2) is 56.5 Å². The number of thioether (sulfide) groups is 1. The SMILES string of the molecule is CCCC1=NN2C(=N)/C(=C/c3ccc(-c4cccc(C(=O)[O-])c4)o3)C(=O)N=C2S1. The maximum atomic E-state index is 12.4. The van der Waals surface area contributed by atoms with Gasteiger partial charge in [-0.2, -0.15) is 15.1 Å². The van der Waals surface area contributed by atoms with Crippen LogP contribution in [-0.4, -0.2) is 32.9 Å². The summed E-state index contributed by atoms with van der Waals surface area (Å²) in [6.07, 6.45) is 3.10. The minimum Gasteiger partial charge on any atom is -0.545 e. The lowest BCUT2D eigenvalue weighted by atomic mass is 10.1. The second kappa shape index (κ2) is 7.51. The normalized spacial score (nSPS) is 17.4. The first-order chi connectivity index (χ1) is 14.0. The van der Waals surface area contributed by atoms with Gasteiger partial charge in [0.15, 0.2) is 5.84 Å². The van der Waals surface area contributed by atoms with Crippen molar-refractivity contribution in [2.75, 3.05) is 0 Å². The van der Waals surface area contributed by atoms with Crippen LogP contribution in [0.5, 0.6) is 0 Å². The highest BCUT2D eigenvalue weighted by Crippen LogP contribution is 2.30. The molecule has 146 valence electrons. The Hall–Kier alpha value is -3.46. The van der Waals surface area contributed by atoms with Gasteiger partial charge in [0.25, 0.3) is 5.91 Å². The topological polar surface area (TPSA) is 122 Å². The molecule has 1 N–H and O–H groups in total. The number of carboxylic acid groups (broad SMARTS) is 1. The molecule has 0 bridgehead atoms. The molecule has 0 unspecified atom stereocenters. The van der Waals surface area contributed by atoms with Crippen LogP contribution in [0.25, 0.3) is 17.4 Å². The monoisotopic (exact) mass is 407 g/mol. The Kier molecular flexibility index (Phi) is 4.89. The van der Waals surface area contributed by atoms with Crippen LogP contribution in [0, 0.1) is 5.41 Å². The number of hydrogen-bond donors (Lipinski definition) is 1. The molecule has 1 amide bonds. The summed E-state index contributed by atoms with van der Waals surface area (Å²) in [6, 6.07) is 9.48. The number of furan rings is 1. The third-order valence-electron chi connectivity index (χ3n) is 4.26. The van der Waals surface area contributed by atoms with E-state index in [0.717, 1.165) is 17.9 Å². The molecular formula is C20H15N4O4S-. The summed E-state index contributed by atoms with van der Waals surface area (Å²) in [5, 5.41) is 26.3. The van der Waals surface area contributed by atoms with Gasteiger partial charge in [0.05, 0.1) is 11.5 Å². The van der Waals surface area contributed by atoms with Crippen molar-refractivity contribution in [2.24, 2.45) is 10.1 Å². The molecule has 0 saturated carbocycles. The molecule has 3 heterocycles. The lowest BCUT2D eigenvalue weighted by molar-refractivity contribution is -0.255. The van der Waals surface area contributed by atoms with Gasteiger partial charge < -0.3 is 14.3 Å². The van der Waals surface area contributed by atoms with Crippen LogP contribution in [0.3, 0.4) is 0 Å². The van der Waals surface area contributed by atoms with E-state index in [4.69, 9.17) is 9.83 Å². The highest BCUT2D eigenvalue weighted by molar-refractivity contribution is 8.26. The van der Waals surface area contributed by atoms with E-state index in [1.807, 2.05) is 6.92 Å².